The minimum atomic E-state index is -0.146. The average molecular weight is 439 g/mol. The van der Waals surface area contributed by atoms with Gasteiger partial charge in [0.15, 0.2) is 5.96 Å². The molecular weight excluding hydrogens is 413 g/mol. The molecular formula is C15H26IN3O2S. The lowest BCUT2D eigenvalue weighted by Crippen LogP contribution is -2.40. The second kappa shape index (κ2) is 12.7. The molecule has 1 N–H and O–H groups in total. The van der Waals surface area contributed by atoms with Crippen molar-refractivity contribution in [2.45, 2.75) is 25.7 Å². The quantitative estimate of drug-likeness (QED) is 0.223. The van der Waals surface area contributed by atoms with E-state index in [0.717, 1.165) is 38.3 Å². The molecule has 0 bridgehead atoms. The van der Waals surface area contributed by atoms with Crippen molar-refractivity contribution in [2.75, 3.05) is 34.3 Å². The Morgan fingerprint density at radius 1 is 1.45 bits per heavy atom. The summed E-state index contributed by atoms with van der Waals surface area (Å²) in [7, 11) is 5.25. The van der Waals surface area contributed by atoms with Gasteiger partial charge in [0.05, 0.1) is 7.11 Å². The summed E-state index contributed by atoms with van der Waals surface area (Å²) < 4.78 is 4.61. The number of carbonyl (C=O) groups excluding carboxylic acids is 1. The van der Waals surface area contributed by atoms with Crippen molar-refractivity contribution in [3.63, 3.8) is 0 Å². The molecule has 0 fully saturated rings. The first kappa shape index (κ1) is 21.2. The van der Waals surface area contributed by atoms with Gasteiger partial charge in [-0.2, -0.15) is 0 Å². The maximum Gasteiger partial charge on any atom is 0.305 e. The third-order valence-corrected chi connectivity index (χ3v) is 4.10. The van der Waals surface area contributed by atoms with Crippen LogP contribution in [0.2, 0.25) is 0 Å². The Labute approximate surface area is 154 Å². The second-order valence-electron chi connectivity index (χ2n) is 4.76. The predicted octanol–water partition coefficient (Wildman–Crippen LogP) is 2.76. The summed E-state index contributed by atoms with van der Waals surface area (Å²) in [6.07, 6.45) is 3.25. The zero-order chi connectivity index (χ0) is 15.5. The number of hydrogen-bond donors (Lipinski definition) is 1. The number of esters is 1. The Bertz CT molecular complexity index is 438. The van der Waals surface area contributed by atoms with Crippen molar-refractivity contribution in [1.82, 2.24) is 10.2 Å². The number of guanidine groups is 1. The molecule has 0 aromatic carbocycles. The maximum absolute atomic E-state index is 11.0. The summed E-state index contributed by atoms with van der Waals surface area (Å²) in [6, 6.07) is 4.23. The van der Waals surface area contributed by atoms with Gasteiger partial charge in [0.2, 0.25) is 0 Å². The molecule has 0 radical (unpaired) electrons. The van der Waals surface area contributed by atoms with Crippen LogP contribution in [-0.4, -0.2) is 51.1 Å². The fourth-order valence-corrected chi connectivity index (χ4v) is 2.62. The monoisotopic (exact) mass is 439 g/mol. The fraction of sp³-hybridized carbons (Fsp3) is 0.600. The number of ether oxygens (including phenoxy) is 1. The predicted molar refractivity (Wildman–Crippen MR) is 103 cm³/mol. The molecule has 0 amide bonds. The third kappa shape index (κ3) is 8.57. The van der Waals surface area contributed by atoms with E-state index < -0.39 is 0 Å². The van der Waals surface area contributed by atoms with Gasteiger partial charge in [0.25, 0.3) is 0 Å². The van der Waals surface area contributed by atoms with E-state index in [1.165, 1.54) is 12.0 Å². The Kier molecular flexibility index (Phi) is 12.2. The standard InChI is InChI=1S/C15H25N3O2S.HI/c1-16-15(17-10-5-4-8-14(19)20-3)18(2)11-9-13-7-6-12-21-13;/h6-7,12H,4-5,8-11H2,1-3H3,(H,16,17);1H. The zero-order valence-corrected chi connectivity index (χ0v) is 16.6. The van der Waals surface area contributed by atoms with Gasteiger partial charge in [0.1, 0.15) is 0 Å². The molecule has 0 aliphatic heterocycles. The maximum atomic E-state index is 11.0. The summed E-state index contributed by atoms with van der Waals surface area (Å²) in [6.45, 7) is 1.75. The molecule has 22 heavy (non-hydrogen) atoms. The van der Waals surface area contributed by atoms with Crippen LogP contribution in [0.25, 0.3) is 0 Å². The summed E-state index contributed by atoms with van der Waals surface area (Å²) >= 11 is 1.78. The van der Waals surface area contributed by atoms with Crippen LogP contribution in [0.4, 0.5) is 0 Å². The highest BCUT2D eigenvalue weighted by Gasteiger charge is 2.06. The largest absolute Gasteiger partial charge is 0.469 e. The van der Waals surface area contributed by atoms with Crippen LogP contribution in [0.3, 0.4) is 0 Å². The number of likely N-dealkylation sites (N-methyl/N-ethyl adjacent to an activating group) is 1. The first-order valence-corrected chi connectivity index (χ1v) is 8.06. The summed E-state index contributed by atoms with van der Waals surface area (Å²) in [5.41, 5.74) is 0. The molecule has 0 saturated heterocycles. The highest BCUT2D eigenvalue weighted by Crippen LogP contribution is 2.09. The molecule has 5 nitrogen and oxygen atoms in total. The lowest BCUT2D eigenvalue weighted by atomic mass is 10.2. The topological polar surface area (TPSA) is 53.9 Å². The van der Waals surface area contributed by atoms with Crippen LogP contribution in [-0.2, 0) is 16.0 Å². The van der Waals surface area contributed by atoms with E-state index in [0.29, 0.717) is 6.42 Å². The van der Waals surface area contributed by atoms with Crippen LogP contribution in [0.5, 0.6) is 0 Å². The zero-order valence-electron chi connectivity index (χ0n) is 13.5. The number of rotatable bonds is 8. The first-order chi connectivity index (χ1) is 10.2. The van der Waals surface area contributed by atoms with Crippen LogP contribution in [0.1, 0.15) is 24.1 Å². The van der Waals surface area contributed by atoms with Gasteiger partial charge in [-0.25, -0.2) is 0 Å². The number of thiophene rings is 1. The molecule has 126 valence electrons. The Morgan fingerprint density at radius 2 is 2.23 bits per heavy atom. The van der Waals surface area contributed by atoms with Gasteiger partial charge in [-0.15, -0.1) is 35.3 Å². The van der Waals surface area contributed by atoms with Gasteiger partial charge < -0.3 is 15.0 Å². The van der Waals surface area contributed by atoms with E-state index in [4.69, 9.17) is 0 Å². The molecule has 1 aromatic rings. The summed E-state index contributed by atoms with van der Waals surface area (Å²) in [5, 5.41) is 5.42. The van der Waals surface area contributed by atoms with Gasteiger partial charge in [-0.05, 0) is 30.7 Å². The van der Waals surface area contributed by atoms with Crippen molar-refractivity contribution in [3.05, 3.63) is 22.4 Å². The molecule has 0 saturated carbocycles. The normalized spacial score (nSPS) is 10.8. The SMILES string of the molecule is CN=C(NCCCCC(=O)OC)N(C)CCc1cccs1.I. The number of halogens is 1. The van der Waals surface area contributed by atoms with E-state index in [2.05, 4.69) is 37.5 Å². The number of unbranched alkanes of at least 4 members (excludes halogenated alkanes) is 1. The highest BCUT2D eigenvalue weighted by atomic mass is 127. The fourth-order valence-electron chi connectivity index (χ4n) is 1.92. The van der Waals surface area contributed by atoms with Gasteiger partial charge in [-0.3, -0.25) is 9.79 Å². The van der Waals surface area contributed by atoms with E-state index in [1.54, 1.807) is 18.4 Å². The smallest absolute Gasteiger partial charge is 0.305 e. The summed E-state index contributed by atoms with van der Waals surface area (Å²) in [5.74, 6) is 0.747. The van der Waals surface area contributed by atoms with E-state index >= 15 is 0 Å². The molecule has 1 aromatic heterocycles. The third-order valence-electron chi connectivity index (χ3n) is 3.17. The number of nitrogens with one attached hydrogen (secondary N) is 1. The van der Waals surface area contributed by atoms with E-state index in [1.807, 2.05) is 7.05 Å². The number of carbonyl (C=O) groups is 1. The number of nitrogens with zero attached hydrogens (tertiary/aromatic N) is 2. The number of methoxy groups -OCH3 is 1. The van der Waals surface area contributed by atoms with Crippen molar-refractivity contribution >= 4 is 47.2 Å². The van der Waals surface area contributed by atoms with E-state index in [-0.39, 0.29) is 29.9 Å². The average Bonchev–Trinajstić information content (AvgIpc) is 3.01. The van der Waals surface area contributed by atoms with Crippen molar-refractivity contribution in [3.8, 4) is 0 Å². The lowest BCUT2D eigenvalue weighted by Gasteiger charge is -2.21. The Balaban J connectivity index is 0.00000441. The molecule has 1 heterocycles. The van der Waals surface area contributed by atoms with E-state index in [9.17, 15) is 4.79 Å². The lowest BCUT2D eigenvalue weighted by molar-refractivity contribution is -0.140. The van der Waals surface area contributed by atoms with Crippen LogP contribution >= 0.6 is 35.3 Å². The number of aliphatic imine (C=N–C) groups is 1. The van der Waals surface area contributed by atoms with Crippen molar-refractivity contribution in [2.24, 2.45) is 4.99 Å². The molecule has 0 aliphatic carbocycles. The van der Waals surface area contributed by atoms with Gasteiger partial charge in [0, 0.05) is 38.5 Å². The molecule has 0 spiro atoms. The molecule has 1 rings (SSSR count). The Morgan fingerprint density at radius 3 is 2.82 bits per heavy atom. The van der Waals surface area contributed by atoms with Gasteiger partial charge >= 0.3 is 5.97 Å². The molecule has 0 unspecified atom stereocenters. The minimum absolute atomic E-state index is 0. The van der Waals surface area contributed by atoms with Crippen LogP contribution < -0.4 is 5.32 Å². The molecule has 0 aliphatic rings. The van der Waals surface area contributed by atoms with Crippen LogP contribution in [0.15, 0.2) is 22.5 Å². The molecule has 7 heteroatoms. The van der Waals surface area contributed by atoms with Crippen molar-refractivity contribution < 1.29 is 9.53 Å². The number of hydrogen-bond acceptors (Lipinski definition) is 4. The second-order valence-corrected chi connectivity index (χ2v) is 5.79. The first-order valence-electron chi connectivity index (χ1n) is 7.18. The minimum Gasteiger partial charge on any atom is -0.469 e. The van der Waals surface area contributed by atoms with Crippen molar-refractivity contribution in [1.29, 1.82) is 0 Å². The molecule has 0 atom stereocenters. The summed E-state index contributed by atoms with van der Waals surface area (Å²) in [4.78, 5) is 18.8. The van der Waals surface area contributed by atoms with Gasteiger partial charge in [-0.1, -0.05) is 6.07 Å². The Hall–Kier alpha value is -0.830. The van der Waals surface area contributed by atoms with Crippen LogP contribution in [0, 0.1) is 0 Å². The highest BCUT2D eigenvalue weighted by molar-refractivity contribution is 14.0.